The van der Waals surface area contributed by atoms with Gasteiger partial charge in [0.2, 0.25) is 5.91 Å². The fourth-order valence-corrected chi connectivity index (χ4v) is 1.91. The van der Waals surface area contributed by atoms with Crippen LogP contribution in [0.25, 0.3) is 0 Å². The molecule has 6 heteroatoms. The predicted octanol–water partition coefficient (Wildman–Crippen LogP) is 1.88. The highest BCUT2D eigenvalue weighted by Crippen LogP contribution is 2.33. The lowest BCUT2D eigenvalue weighted by atomic mass is 10.2. The summed E-state index contributed by atoms with van der Waals surface area (Å²) in [6.07, 6.45) is 0. The van der Waals surface area contributed by atoms with E-state index < -0.39 is 5.82 Å². The molecule has 0 bridgehead atoms. The Morgan fingerprint density at radius 2 is 2.35 bits per heavy atom. The molecule has 0 radical (unpaired) electrons. The quantitative estimate of drug-likeness (QED) is 0.900. The van der Waals surface area contributed by atoms with Crippen LogP contribution in [-0.2, 0) is 9.53 Å². The van der Waals surface area contributed by atoms with E-state index >= 15 is 0 Å². The Bertz CT molecular complexity index is 453. The molecule has 17 heavy (non-hydrogen) atoms. The number of hydrogen-bond donors (Lipinski definition) is 1. The summed E-state index contributed by atoms with van der Waals surface area (Å²) in [5, 5.41) is 2.66. The molecule has 1 N–H and O–H groups in total. The topological polar surface area (TPSA) is 41.6 Å². The van der Waals surface area contributed by atoms with Crippen molar-refractivity contribution in [2.24, 2.45) is 0 Å². The molecule has 0 fully saturated rings. The molecule has 0 aliphatic carbocycles. The zero-order valence-electron chi connectivity index (χ0n) is 9.30. The number of nitrogens with one attached hydrogen (secondary N) is 1. The van der Waals surface area contributed by atoms with Gasteiger partial charge in [0.1, 0.15) is 5.82 Å². The number of fused-ring (bicyclic) bond motifs is 1. The van der Waals surface area contributed by atoms with Crippen molar-refractivity contribution in [3.63, 3.8) is 0 Å². The molecule has 0 saturated carbocycles. The number of hydrogen-bond acceptors (Lipinski definition) is 3. The van der Waals surface area contributed by atoms with E-state index in [0.29, 0.717) is 24.5 Å². The highest BCUT2D eigenvalue weighted by atomic mass is 35.5. The maximum Gasteiger partial charge on any atom is 0.243 e. The van der Waals surface area contributed by atoms with Gasteiger partial charge in [-0.1, -0.05) is 11.6 Å². The Balaban J connectivity index is 2.34. The second-order valence-electron chi connectivity index (χ2n) is 3.75. The third kappa shape index (κ3) is 2.50. The summed E-state index contributed by atoms with van der Waals surface area (Å²) in [6.45, 7) is 1.26. The van der Waals surface area contributed by atoms with Crippen molar-refractivity contribution in [2.75, 3.05) is 37.0 Å². The van der Waals surface area contributed by atoms with E-state index in [4.69, 9.17) is 16.3 Å². The summed E-state index contributed by atoms with van der Waals surface area (Å²) in [5.74, 6) is -0.713. The molecule has 1 heterocycles. The first-order valence-electron chi connectivity index (χ1n) is 5.14. The van der Waals surface area contributed by atoms with Gasteiger partial charge in [-0.3, -0.25) is 4.79 Å². The van der Waals surface area contributed by atoms with Gasteiger partial charge in [-0.15, -0.1) is 0 Å². The van der Waals surface area contributed by atoms with Crippen LogP contribution in [0.3, 0.4) is 0 Å². The molecular weight excluding hydrogens is 247 g/mol. The Morgan fingerprint density at radius 3 is 3.06 bits per heavy atom. The van der Waals surface area contributed by atoms with Gasteiger partial charge in [0, 0.05) is 19.7 Å². The van der Waals surface area contributed by atoms with Crippen LogP contribution in [-0.4, -0.2) is 32.7 Å². The zero-order valence-corrected chi connectivity index (χ0v) is 10.1. The maximum atomic E-state index is 13.3. The van der Waals surface area contributed by atoms with Crippen molar-refractivity contribution in [3.8, 4) is 0 Å². The monoisotopic (exact) mass is 258 g/mol. The Kier molecular flexibility index (Phi) is 3.49. The number of nitrogens with zero attached hydrogens (tertiary/aromatic N) is 1. The van der Waals surface area contributed by atoms with Crippen LogP contribution in [0.15, 0.2) is 12.1 Å². The average Bonchev–Trinajstić information content (AvgIpc) is 2.28. The van der Waals surface area contributed by atoms with Gasteiger partial charge in [-0.05, 0) is 6.07 Å². The number of methoxy groups -OCH3 is 1. The van der Waals surface area contributed by atoms with Crippen molar-refractivity contribution in [1.82, 2.24) is 0 Å². The lowest BCUT2D eigenvalue weighted by Gasteiger charge is -2.30. The minimum atomic E-state index is -0.542. The smallest absolute Gasteiger partial charge is 0.243 e. The lowest BCUT2D eigenvalue weighted by molar-refractivity contribution is -0.115. The molecule has 1 aromatic rings. The number of benzene rings is 1. The van der Waals surface area contributed by atoms with Gasteiger partial charge in [0.15, 0.2) is 0 Å². The normalized spacial score (nSPS) is 14.5. The van der Waals surface area contributed by atoms with Crippen LogP contribution in [0, 0.1) is 5.82 Å². The number of carbonyl (C=O) groups excluding carboxylic acids is 1. The minimum absolute atomic E-state index is 0.0438. The molecule has 1 aliphatic heterocycles. The fourth-order valence-electron chi connectivity index (χ4n) is 1.75. The second-order valence-corrected chi connectivity index (χ2v) is 4.15. The summed E-state index contributed by atoms with van der Waals surface area (Å²) < 4.78 is 18.3. The highest BCUT2D eigenvalue weighted by Gasteiger charge is 2.23. The number of ether oxygens (including phenoxy) is 1. The van der Waals surface area contributed by atoms with Crippen LogP contribution >= 0.6 is 11.6 Å². The molecule has 0 aromatic heterocycles. The molecule has 92 valence electrons. The van der Waals surface area contributed by atoms with Crippen LogP contribution < -0.4 is 10.2 Å². The second kappa shape index (κ2) is 4.89. The van der Waals surface area contributed by atoms with Gasteiger partial charge < -0.3 is 15.0 Å². The van der Waals surface area contributed by atoms with Gasteiger partial charge >= 0.3 is 0 Å². The summed E-state index contributed by atoms with van der Waals surface area (Å²) >= 11 is 5.74. The Labute approximate surface area is 103 Å². The van der Waals surface area contributed by atoms with E-state index in [-0.39, 0.29) is 17.5 Å². The van der Waals surface area contributed by atoms with Crippen LogP contribution in [0.5, 0.6) is 0 Å². The lowest BCUT2D eigenvalue weighted by Crippen LogP contribution is -2.40. The maximum absolute atomic E-state index is 13.3. The molecular formula is C11H12ClFN2O2. The molecule has 1 aromatic carbocycles. The standard InChI is InChI=1S/C11H12ClFN2O2/c1-17-3-2-15-6-11(16)14-9-5-8(13)7(12)4-10(9)15/h4-5H,2-3,6H2,1H3,(H,14,16). The third-order valence-electron chi connectivity index (χ3n) is 2.55. The number of rotatable bonds is 3. The van der Waals surface area contributed by atoms with Crippen molar-refractivity contribution >= 4 is 28.9 Å². The SMILES string of the molecule is COCCN1CC(=O)Nc2cc(F)c(Cl)cc21. The first-order valence-corrected chi connectivity index (χ1v) is 5.52. The van der Waals surface area contributed by atoms with E-state index in [0.717, 1.165) is 0 Å². The van der Waals surface area contributed by atoms with E-state index in [1.807, 2.05) is 4.90 Å². The number of halogens is 2. The Morgan fingerprint density at radius 1 is 1.59 bits per heavy atom. The first kappa shape index (κ1) is 12.1. The van der Waals surface area contributed by atoms with E-state index in [9.17, 15) is 9.18 Å². The summed E-state index contributed by atoms with van der Waals surface area (Å²) in [4.78, 5) is 13.3. The number of carbonyl (C=O) groups is 1. The summed E-state index contributed by atoms with van der Waals surface area (Å²) in [5.41, 5.74) is 1.16. The molecule has 4 nitrogen and oxygen atoms in total. The largest absolute Gasteiger partial charge is 0.383 e. The van der Waals surface area contributed by atoms with Gasteiger partial charge in [0.05, 0.1) is 29.5 Å². The zero-order chi connectivity index (χ0) is 12.4. The molecule has 0 atom stereocenters. The molecule has 1 aliphatic rings. The van der Waals surface area contributed by atoms with Crippen molar-refractivity contribution in [1.29, 1.82) is 0 Å². The first-order chi connectivity index (χ1) is 8.11. The van der Waals surface area contributed by atoms with Crippen molar-refractivity contribution < 1.29 is 13.9 Å². The van der Waals surface area contributed by atoms with Gasteiger partial charge in [-0.2, -0.15) is 0 Å². The van der Waals surface area contributed by atoms with Crippen LogP contribution in [0.1, 0.15) is 0 Å². The van der Waals surface area contributed by atoms with Gasteiger partial charge in [-0.25, -0.2) is 4.39 Å². The molecule has 0 spiro atoms. The number of anilines is 2. The van der Waals surface area contributed by atoms with E-state index in [1.165, 1.54) is 12.1 Å². The van der Waals surface area contributed by atoms with Crippen molar-refractivity contribution in [2.45, 2.75) is 0 Å². The molecule has 0 saturated heterocycles. The fraction of sp³-hybridized carbons (Fsp3) is 0.364. The van der Waals surface area contributed by atoms with Crippen molar-refractivity contribution in [3.05, 3.63) is 23.0 Å². The molecule has 2 rings (SSSR count). The van der Waals surface area contributed by atoms with E-state index in [1.54, 1.807) is 7.11 Å². The minimum Gasteiger partial charge on any atom is -0.383 e. The molecule has 1 amide bonds. The predicted molar refractivity (Wildman–Crippen MR) is 64.1 cm³/mol. The molecule has 0 unspecified atom stereocenters. The Hall–Kier alpha value is -1.33. The van der Waals surface area contributed by atoms with Crippen LogP contribution in [0.2, 0.25) is 5.02 Å². The average molecular weight is 259 g/mol. The van der Waals surface area contributed by atoms with Gasteiger partial charge in [0.25, 0.3) is 0 Å². The highest BCUT2D eigenvalue weighted by molar-refractivity contribution is 6.31. The van der Waals surface area contributed by atoms with Crippen LogP contribution in [0.4, 0.5) is 15.8 Å². The van der Waals surface area contributed by atoms with E-state index in [2.05, 4.69) is 5.32 Å². The summed E-state index contributed by atoms with van der Waals surface area (Å²) in [6, 6.07) is 2.75. The number of amides is 1. The summed E-state index contributed by atoms with van der Waals surface area (Å²) in [7, 11) is 1.59. The third-order valence-corrected chi connectivity index (χ3v) is 2.84.